The van der Waals surface area contributed by atoms with E-state index < -0.39 is 5.60 Å². The highest BCUT2D eigenvalue weighted by atomic mass is 16.5. The number of aliphatic hydroxyl groups is 1. The van der Waals surface area contributed by atoms with Crippen molar-refractivity contribution < 1.29 is 14.6 Å². The Morgan fingerprint density at radius 1 is 1.13 bits per heavy atom. The average molecular weight is 313 g/mol. The molecule has 1 atom stereocenters. The summed E-state index contributed by atoms with van der Waals surface area (Å²) in [6, 6.07) is 16.8. The fourth-order valence-corrected chi connectivity index (χ4v) is 2.41. The molecule has 1 unspecified atom stereocenters. The molecule has 0 fully saturated rings. The van der Waals surface area contributed by atoms with Crippen molar-refractivity contribution in [2.45, 2.75) is 32.4 Å². The normalized spacial score (nSPS) is 13.2. The number of nitrogens with one attached hydrogen (secondary N) is 1. The molecule has 0 saturated carbocycles. The molecule has 2 rings (SSSR count). The van der Waals surface area contributed by atoms with E-state index in [1.54, 1.807) is 6.92 Å². The van der Waals surface area contributed by atoms with Crippen LogP contribution in [0.2, 0.25) is 0 Å². The zero-order chi connectivity index (χ0) is 16.7. The van der Waals surface area contributed by atoms with Gasteiger partial charge in [-0.3, -0.25) is 4.79 Å². The lowest BCUT2D eigenvalue weighted by Crippen LogP contribution is -2.32. The fraction of sp³-hybridized carbons (Fsp3) is 0.316. The van der Waals surface area contributed by atoms with Crippen molar-refractivity contribution in [1.82, 2.24) is 5.32 Å². The van der Waals surface area contributed by atoms with Crippen molar-refractivity contribution in [3.05, 3.63) is 65.7 Å². The van der Waals surface area contributed by atoms with E-state index in [4.69, 9.17) is 4.74 Å². The molecule has 0 spiro atoms. The molecule has 4 heteroatoms. The number of hydrogen-bond donors (Lipinski definition) is 2. The summed E-state index contributed by atoms with van der Waals surface area (Å²) < 4.78 is 5.54. The highest BCUT2D eigenvalue weighted by Gasteiger charge is 2.26. The summed E-state index contributed by atoms with van der Waals surface area (Å²) in [5.41, 5.74) is 0.456. The highest BCUT2D eigenvalue weighted by Crippen LogP contribution is 2.24. The Morgan fingerprint density at radius 3 is 2.48 bits per heavy atom. The quantitative estimate of drug-likeness (QED) is 0.826. The molecular weight excluding hydrogens is 290 g/mol. The summed E-state index contributed by atoms with van der Waals surface area (Å²) in [6.07, 6.45) is 0.00775. The number of rotatable bonds is 7. The van der Waals surface area contributed by atoms with Gasteiger partial charge in [-0.25, -0.2) is 0 Å². The topological polar surface area (TPSA) is 58.6 Å². The maximum absolute atomic E-state index is 12.2. The molecule has 4 nitrogen and oxygen atoms in total. The van der Waals surface area contributed by atoms with Gasteiger partial charge in [0.2, 0.25) is 5.91 Å². The minimum absolute atomic E-state index is 0.00775. The summed E-state index contributed by atoms with van der Waals surface area (Å²) in [5.74, 6) is 0.565. The predicted molar refractivity (Wildman–Crippen MR) is 90.1 cm³/mol. The number of para-hydroxylation sites is 1. The lowest BCUT2D eigenvalue weighted by atomic mass is 9.92. The van der Waals surface area contributed by atoms with E-state index in [9.17, 15) is 9.90 Å². The minimum atomic E-state index is -1.19. The maximum atomic E-state index is 12.2. The first-order valence-corrected chi connectivity index (χ1v) is 7.78. The number of carbonyl (C=O) groups is 1. The van der Waals surface area contributed by atoms with Crippen molar-refractivity contribution in [2.75, 3.05) is 6.61 Å². The monoisotopic (exact) mass is 313 g/mol. The van der Waals surface area contributed by atoms with E-state index in [1.165, 1.54) is 0 Å². The average Bonchev–Trinajstić information content (AvgIpc) is 2.55. The Labute approximate surface area is 137 Å². The number of carbonyl (C=O) groups excluding carboxylic acids is 1. The Bertz CT molecular complexity index is 638. The summed E-state index contributed by atoms with van der Waals surface area (Å²) in [6.45, 7) is 4.52. The van der Waals surface area contributed by atoms with Gasteiger partial charge in [-0.05, 0) is 25.5 Å². The van der Waals surface area contributed by atoms with Gasteiger partial charge in [-0.15, -0.1) is 0 Å². The van der Waals surface area contributed by atoms with Crippen LogP contribution < -0.4 is 10.1 Å². The second-order valence-electron chi connectivity index (χ2n) is 5.63. The van der Waals surface area contributed by atoms with Crippen molar-refractivity contribution in [1.29, 1.82) is 0 Å². The zero-order valence-electron chi connectivity index (χ0n) is 13.6. The van der Waals surface area contributed by atoms with Crippen molar-refractivity contribution in [3.8, 4) is 5.75 Å². The van der Waals surface area contributed by atoms with Gasteiger partial charge < -0.3 is 15.2 Å². The highest BCUT2D eigenvalue weighted by molar-refractivity contribution is 5.77. The van der Waals surface area contributed by atoms with Gasteiger partial charge in [0, 0.05) is 12.1 Å². The third-order valence-corrected chi connectivity index (χ3v) is 3.65. The number of hydrogen-bond acceptors (Lipinski definition) is 3. The first kappa shape index (κ1) is 17.0. The van der Waals surface area contributed by atoms with E-state index in [-0.39, 0.29) is 12.3 Å². The molecule has 0 aliphatic rings. The molecule has 0 aliphatic carbocycles. The number of benzene rings is 2. The molecule has 2 aromatic rings. The molecule has 0 radical (unpaired) electrons. The first-order valence-electron chi connectivity index (χ1n) is 7.78. The molecule has 0 saturated heterocycles. The van der Waals surface area contributed by atoms with Gasteiger partial charge >= 0.3 is 0 Å². The van der Waals surface area contributed by atoms with Crippen LogP contribution in [0.4, 0.5) is 0 Å². The second kappa shape index (κ2) is 7.79. The summed E-state index contributed by atoms with van der Waals surface area (Å²) in [5, 5.41) is 13.4. The molecule has 23 heavy (non-hydrogen) atoms. The molecular formula is C19H23NO3. The standard InChI is InChI=1S/C19H23NO3/c1-3-23-17-12-8-7-9-15(17)14-20-18(21)13-19(2,22)16-10-5-4-6-11-16/h4-12,22H,3,13-14H2,1-2H3,(H,20,21). The minimum Gasteiger partial charge on any atom is -0.494 e. The Balaban J connectivity index is 1.95. The largest absolute Gasteiger partial charge is 0.494 e. The van der Waals surface area contributed by atoms with Gasteiger partial charge in [-0.1, -0.05) is 48.5 Å². The van der Waals surface area contributed by atoms with Crippen LogP contribution in [0.5, 0.6) is 5.75 Å². The molecule has 1 amide bonds. The van der Waals surface area contributed by atoms with Crippen LogP contribution in [-0.2, 0) is 16.9 Å². The first-order chi connectivity index (χ1) is 11.0. The molecule has 0 aromatic heterocycles. The third-order valence-electron chi connectivity index (χ3n) is 3.65. The number of amides is 1. The molecule has 2 N–H and O–H groups in total. The molecule has 2 aromatic carbocycles. The summed E-state index contributed by atoms with van der Waals surface area (Å²) in [7, 11) is 0. The summed E-state index contributed by atoms with van der Waals surface area (Å²) in [4.78, 5) is 12.2. The predicted octanol–water partition coefficient (Wildman–Crippen LogP) is 3.00. The van der Waals surface area contributed by atoms with Gasteiger partial charge in [-0.2, -0.15) is 0 Å². The second-order valence-corrected chi connectivity index (χ2v) is 5.63. The van der Waals surface area contributed by atoms with Gasteiger partial charge in [0.25, 0.3) is 0 Å². The SMILES string of the molecule is CCOc1ccccc1CNC(=O)CC(C)(O)c1ccccc1. The van der Waals surface area contributed by atoms with E-state index in [2.05, 4.69) is 5.32 Å². The Kier molecular flexibility index (Phi) is 5.77. The lowest BCUT2D eigenvalue weighted by Gasteiger charge is -2.23. The van der Waals surface area contributed by atoms with E-state index >= 15 is 0 Å². The van der Waals surface area contributed by atoms with Gasteiger partial charge in [0.05, 0.1) is 18.6 Å². The Hall–Kier alpha value is -2.33. The van der Waals surface area contributed by atoms with Gasteiger partial charge in [0.1, 0.15) is 5.75 Å². The summed E-state index contributed by atoms with van der Waals surface area (Å²) >= 11 is 0. The van der Waals surface area contributed by atoms with Crippen LogP contribution in [0.15, 0.2) is 54.6 Å². The lowest BCUT2D eigenvalue weighted by molar-refractivity contribution is -0.126. The van der Waals surface area contributed by atoms with Crippen LogP contribution in [0.1, 0.15) is 31.4 Å². The molecule has 0 aliphatic heterocycles. The van der Waals surface area contributed by atoms with Gasteiger partial charge in [0.15, 0.2) is 0 Å². The van der Waals surface area contributed by atoms with E-state index in [0.29, 0.717) is 13.2 Å². The maximum Gasteiger partial charge on any atom is 0.223 e. The molecule has 0 bridgehead atoms. The number of ether oxygens (including phenoxy) is 1. The van der Waals surface area contributed by atoms with Crippen LogP contribution in [0.25, 0.3) is 0 Å². The van der Waals surface area contributed by atoms with Crippen LogP contribution in [0.3, 0.4) is 0 Å². The smallest absolute Gasteiger partial charge is 0.223 e. The van der Waals surface area contributed by atoms with Crippen LogP contribution >= 0.6 is 0 Å². The third kappa shape index (κ3) is 4.83. The van der Waals surface area contributed by atoms with Crippen molar-refractivity contribution in [3.63, 3.8) is 0 Å². The van der Waals surface area contributed by atoms with Crippen molar-refractivity contribution in [2.24, 2.45) is 0 Å². The fourth-order valence-electron chi connectivity index (χ4n) is 2.41. The molecule has 122 valence electrons. The Morgan fingerprint density at radius 2 is 1.78 bits per heavy atom. The molecule has 0 heterocycles. The van der Waals surface area contributed by atoms with Crippen LogP contribution in [-0.4, -0.2) is 17.6 Å². The zero-order valence-corrected chi connectivity index (χ0v) is 13.6. The van der Waals surface area contributed by atoms with Crippen molar-refractivity contribution >= 4 is 5.91 Å². The van der Waals surface area contributed by atoms with E-state index in [1.807, 2.05) is 61.5 Å². The van der Waals surface area contributed by atoms with Crippen LogP contribution in [0, 0.1) is 0 Å². The van der Waals surface area contributed by atoms with E-state index in [0.717, 1.165) is 16.9 Å².